The van der Waals surface area contributed by atoms with Crippen molar-refractivity contribution in [2.45, 2.75) is 18.6 Å². The number of nitrogens with two attached hydrogens (primary N) is 1. The standard InChI is InChI=1S/C9H10N2O.C2HF3O2/c10-11-8-5-9(12)7-4-2-1-3-6(7)8;3-2(4,5)1(6)7/h1-4,8,11H,5,10H2;(H,6,7). The third kappa shape index (κ3) is 3.76. The second-order valence-corrected chi connectivity index (χ2v) is 3.74. The third-order valence-corrected chi connectivity index (χ3v) is 2.47. The fourth-order valence-electron chi connectivity index (χ4n) is 1.61. The maximum Gasteiger partial charge on any atom is 0.490 e. The molecule has 0 heterocycles. The summed E-state index contributed by atoms with van der Waals surface area (Å²) in [6.07, 6.45) is -4.60. The van der Waals surface area contributed by atoms with Gasteiger partial charge in [-0.2, -0.15) is 13.2 Å². The van der Waals surface area contributed by atoms with Crippen LogP contribution in [0.5, 0.6) is 0 Å². The molecular formula is C11H11F3N2O3. The lowest BCUT2D eigenvalue weighted by atomic mass is 10.1. The molecule has 2 rings (SSSR count). The number of hydrogen-bond acceptors (Lipinski definition) is 4. The number of rotatable bonds is 1. The SMILES string of the molecule is NNC1CC(=O)c2ccccc21.O=C(O)C(F)(F)F. The van der Waals surface area contributed by atoms with Crippen molar-refractivity contribution >= 4 is 11.8 Å². The summed E-state index contributed by atoms with van der Waals surface area (Å²) in [5.74, 6) is 2.73. The highest BCUT2D eigenvalue weighted by Gasteiger charge is 2.38. The second-order valence-electron chi connectivity index (χ2n) is 3.74. The van der Waals surface area contributed by atoms with Gasteiger partial charge >= 0.3 is 12.1 Å². The minimum atomic E-state index is -5.08. The van der Waals surface area contributed by atoms with Crippen LogP contribution in [0.15, 0.2) is 24.3 Å². The van der Waals surface area contributed by atoms with Crippen LogP contribution in [0.3, 0.4) is 0 Å². The van der Waals surface area contributed by atoms with Crippen LogP contribution in [0.4, 0.5) is 13.2 Å². The molecular weight excluding hydrogens is 265 g/mol. The molecule has 1 aromatic rings. The van der Waals surface area contributed by atoms with Crippen molar-refractivity contribution in [1.29, 1.82) is 0 Å². The molecule has 0 bridgehead atoms. The quantitative estimate of drug-likeness (QED) is 0.532. The molecule has 0 aromatic heterocycles. The van der Waals surface area contributed by atoms with Crippen LogP contribution in [-0.4, -0.2) is 23.0 Å². The first kappa shape index (κ1) is 15.1. The molecule has 0 amide bonds. The number of carbonyl (C=O) groups excluding carboxylic acids is 1. The molecule has 5 nitrogen and oxygen atoms in total. The minimum absolute atomic E-state index is 0.00806. The molecule has 1 aromatic carbocycles. The van der Waals surface area contributed by atoms with Gasteiger partial charge in [0.15, 0.2) is 5.78 Å². The van der Waals surface area contributed by atoms with Crippen LogP contribution >= 0.6 is 0 Å². The van der Waals surface area contributed by atoms with E-state index in [-0.39, 0.29) is 11.8 Å². The van der Waals surface area contributed by atoms with Gasteiger partial charge in [0.2, 0.25) is 0 Å². The molecule has 0 fully saturated rings. The highest BCUT2D eigenvalue weighted by Crippen LogP contribution is 2.29. The lowest BCUT2D eigenvalue weighted by molar-refractivity contribution is -0.192. The van der Waals surface area contributed by atoms with Crippen molar-refractivity contribution in [3.63, 3.8) is 0 Å². The van der Waals surface area contributed by atoms with Gasteiger partial charge in [0.05, 0.1) is 6.04 Å². The minimum Gasteiger partial charge on any atom is -0.475 e. The van der Waals surface area contributed by atoms with Crippen molar-refractivity contribution in [3.05, 3.63) is 35.4 Å². The van der Waals surface area contributed by atoms with Crippen LogP contribution < -0.4 is 11.3 Å². The van der Waals surface area contributed by atoms with E-state index in [1.165, 1.54) is 0 Å². The summed E-state index contributed by atoms with van der Waals surface area (Å²) in [5, 5.41) is 7.12. The number of fused-ring (bicyclic) bond motifs is 1. The summed E-state index contributed by atoms with van der Waals surface area (Å²) in [5.41, 5.74) is 4.45. The fourth-order valence-corrected chi connectivity index (χ4v) is 1.61. The number of hydrazine groups is 1. The highest BCUT2D eigenvalue weighted by atomic mass is 19.4. The summed E-state index contributed by atoms with van der Waals surface area (Å²) < 4.78 is 31.7. The first-order valence-electron chi connectivity index (χ1n) is 5.15. The Morgan fingerprint density at radius 1 is 1.37 bits per heavy atom. The molecule has 0 saturated carbocycles. The van der Waals surface area contributed by atoms with Gasteiger partial charge in [0.1, 0.15) is 0 Å². The Bertz CT molecular complexity index is 488. The van der Waals surface area contributed by atoms with Crippen LogP contribution in [0.25, 0.3) is 0 Å². The number of carboxylic acid groups (broad SMARTS) is 1. The molecule has 1 aliphatic carbocycles. The number of Topliss-reactive ketones (excluding diaryl/α,β-unsaturated/α-hetero) is 1. The Morgan fingerprint density at radius 2 is 1.89 bits per heavy atom. The van der Waals surface area contributed by atoms with Gasteiger partial charge in [-0.1, -0.05) is 24.3 Å². The van der Waals surface area contributed by atoms with E-state index in [0.29, 0.717) is 6.42 Å². The Balaban J connectivity index is 0.000000224. The number of aliphatic carboxylic acids is 1. The van der Waals surface area contributed by atoms with E-state index in [1.54, 1.807) is 0 Å². The van der Waals surface area contributed by atoms with Crippen molar-refractivity contribution in [1.82, 2.24) is 5.43 Å². The Kier molecular flexibility index (Phi) is 4.62. The number of ketones is 1. The van der Waals surface area contributed by atoms with Gasteiger partial charge in [-0.15, -0.1) is 0 Å². The number of nitrogens with one attached hydrogen (secondary N) is 1. The van der Waals surface area contributed by atoms with E-state index in [2.05, 4.69) is 5.43 Å². The van der Waals surface area contributed by atoms with Gasteiger partial charge < -0.3 is 5.11 Å². The van der Waals surface area contributed by atoms with Crippen molar-refractivity contribution in [2.75, 3.05) is 0 Å². The first-order chi connectivity index (χ1) is 8.77. The topological polar surface area (TPSA) is 92.4 Å². The summed E-state index contributed by atoms with van der Waals surface area (Å²) in [6, 6.07) is 7.57. The lowest BCUT2D eigenvalue weighted by Gasteiger charge is -2.06. The van der Waals surface area contributed by atoms with E-state index >= 15 is 0 Å². The summed E-state index contributed by atoms with van der Waals surface area (Å²) >= 11 is 0. The molecule has 0 saturated heterocycles. The number of hydrogen-bond donors (Lipinski definition) is 3. The molecule has 19 heavy (non-hydrogen) atoms. The van der Waals surface area contributed by atoms with Crippen molar-refractivity contribution in [2.24, 2.45) is 5.84 Å². The van der Waals surface area contributed by atoms with Crippen molar-refractivity contribution in [3.8, 4) is 0 Å². The fraction of sp³-hybridized carbons (Fsp3) is 0.273. The van der Waals surface area contributed by atoms with E-state index in [4.69, 9.17) is 15.7 Å². The number of halogens is 3. The molecule has 1 atom stereocenters. The highest BCUT2D eigenvalue weighted by molar-refractivity contribution is 6.01. The molecule has 4 N–H and O–H groups in total. The van der Waals surface area contributed by atoms with E-state index in [9.17, 15) is 18.0 Å². The van der Waals surface area contributed by atoms with Crippen LogP contribution in [-0.2, 0) is 4.79 Å². The van der Waals surface area contributed by atoms with Crippen molar-refractivity contribution < 1.29 is 27.9 Å². The summed E-state index contributed by atoms with van der Waals surface area (Å²) in [4.78, 5) is 20.2. The predicted molar refractivity (Wildman–Crippen MR) is 59.1 cm³/mol. The molecule has 1 aliphatic rings. The first-order valence-corrected chi connectivity index (χ1v) is 5.15. The monoisotopic (exact) mass is 276 g/mol. The number of benzene rings is 1. The number of alkyl halides is 3. The maximum absolute atomic E-state index is 11.3. The zero-order valence-electron chi connectivity index (χ0n) is 9.57. The van der Waals surface area contributed by atoms with E-state index in [1.807, 2.05) is 24.3 Å². The average molecular weight is 276 g/mol. The summed E-state index contributed by atoms with van der Waals surface area (Å²) in [7, 11) is 0. The normalized spacial score (nSPS) is 17.5. The van der Waals surface area contributed by atoms with Crippen LogP contribution in [0.2, 0.25) is 0 Å². The van der Waals surface area contributed by atoms with Gasteiger partial charge in [-0.3, -0.25) is 16.1 Å². The Morgan fingerprint density at radius 3 is 2.37 bits per heavy atom. The zero-order valence-corrected chi connectivity index (χ0v) is 9.57. The average Bonchev–Trinajstić information content (AvgIpc) is 2.66. The molecule has 8 heteroatoms. The van der Waals surface area contributed by atoms with Gasteiger partial charge in [0.25, 0.3) is 0 Å². The van der Waals surface area contributed by atoms with Gasteiger partial charge in [0, 0.05) is 12.0 Å². The molecule has 0 spiro atoms. The van der Waals surface area contributed by atoms with E-state index < -0.39 is 12.1 Å². The Hall–Kier alpha value is -1.93. The third-order valence-electron chi connectivity index (χ3n) is 2.47. The second kappa shape index (κ2) is 5.81. The Labute approximate surface area is 106 Å². The molecule has 0 aliphatic heterocycles. The lowest BCUT2D eigenvalue weighted by Crippen LogP contribution is -2.26. The molecule has 0 radical (unpaired) electrons. The smallest absolute Gasteiger partial charge is 0.475 e. The van der Waals surface area contributed by atoms with Gasteiger partial charge in [-0.25, -0.2) is 4.79 Å². The number of carboxylic acids is 1. The molecule has 104 valence electrons. The summed E-state index contributed by atoms with van der Waals surface area (Å²) in [6.45, 7) is 0. The predicted octanol–water partition coefficient (Wildman–Crippen LogP) is 1.41. The van der Waals surface area contributed by atoms with E-state index in [0.717, 1.165) is 11.1 Å². The van der Waals surface area contributed by atoms with Crippen LogP contribution in [0.1, 0.15) is 28.4 Å². The maximum atomic E-state index is 11.3. The largest absolute Gasteiger partial charge is 0.490 e. The molecule has 1 unspecified atom stereocenters. The number of carbonyl (C=O) groups is 2. The zero-order chi connectivity index (χ0) is 14.6. The van der Waals surface area contributed by atoms with Gasteiger partial charge in [-0.05, 0) is 5.56 Å². The van der Waals surface area contributed by atoms with Crippen LogP contribution in [0, 0.1) is 0 Å².